The van der Waals surface area contributed by atoms with Crippen LogP contribution in [0.5, 0.6) is 0 Å². The van der Waals surface area contributed by atoms with Crippen LogP contribution in [-0.2, 0) is 0 Å². The fraction of sp³-hybridized carbons (Fsp3) is 1.00. The van der Waals surface area contributed by atoms with E-state index in [1.807, 2.05) is 0 Å². The lowest BCUT2D eigenvalue weighted by molar-refractivity contribution is -0.181. The van der Waals surface area contributed by atoms with Gasteiger partial charge in [-0.2, -0.15) is 0 Å². The van der Waals surface area contributed by atoms with Crippen LogP contribution < -0.4 is 5.32 Å². The van der Waals surface area contributed by atoms with Crippen LogP contribution in [0.15, 0.2) is 0 Å². The Morgan fingerprint density at radius 2 is 1.68 bits per heavy atom. The van der Waals surface area contributed by atoms with Gasteiger partial charge in [0.2, 0.25) is 0 Å². The van der Waals surface area contributed by atoms with Crippen molar-refractivity contribution >= 4 is 0 Å². The van der Waals surface area contributed by atoms with Crippen molar-refractivity contribution in [3.8, 4) is 0 Å². The molecule has 0 bridgehead atoms. The summed E-state index contributed by atoms with van der Waals surface area (Å²) in [5.41, 5.74) is 0.181. The second-order valence-electron chi connectivity index (χ2n) is 13.2. The largest absolute Gasteiger partial charge is 0.393 e. The fourth-order valence-electron chi connectivity index (χ4n) is 10.1. The first-order valence-electron chi connectivity index (χ1n) is 13.4. The molecule has 1 aliphatic heterocycles. The molecule has 5 aliphatic rings. The summed E-state index contributed by atoms with van der Waals surface area (Å²) in [6.45, 7) is 10.6. The van der Waals surface area contributed by atoms with Crippen molar-refractivity contribution in [1.29, 1.82) is 0 Å². The first-order chi connectivity index (χ1) is 14.6. The molecular weight excluding hydrogens is 386 g/mol. The van der Waals surface area contributed by atoms with Crippen molar-refractivity contribution in [1.82, 2.24) is 5.32 Å². The molecular formula is C27H47NO3. The minimum Gasteiger partial charge on any atom is -0.393 e. The van der Waals surface area contributed by atoms with Gasteiger partial charge >= 0.3 is 0 Å². The molecule has 1 saturated heterocycles. The zero-order valence-electron chi connectivity index (χ0n) is 20.3. The van der Waals surface area contributed by atoms with Crippen LogP contribution in [0.25, 0.3) is 0 Å². The van der Waals surface area contributed by atoms with Crippen LogP contribution in [0.1, 0.15) is 85.5 Å². The van der Waals surface area contributed by atoms with Crippen LogP contribution in [0.3, 0.4) is 0 Å². The Morgan fingerprint density at radius 1 is 0.903 bits per heavy atom. The number of aliphatic hydroxyl groups is 3. The fourth-order valence-corrected chi connectivity index (χ4v) is 10.1. The lowest BCUT2D eigenvalue weighted by Crippen LogP contribution is -2.60. The number of aliphatic hydroxyl groups excluding tert-OH is 3. The maximum atomic E-state index is 11.7. The predicted molar refractivity (Wildman–Crippen MR) is 123 cm³/mol. The summed E-state index contributed by atoms with van der Waals surface area (Å²) in [7, 11) is 0. The Kier molecular flexibility index (Phi) is 5.81. The quantitative estimate of drug-likeness (QED) is 0.532. The SMILES string of the molecule is CC1CCC(C(C)C2C(O)CC3C4CCC5CC(O)CCC5(C)C4C(O)CC32C)NC1. The van der Waals surface area contributed by atoms with Gasteiger partial charge in [0.05, 0.1) is 18.3 Å². The Bertz CT molecular complexity index is 663. The maximum absolute atomic E-state index is 11.7. The second-order valence-corrected chi connectivity index (χ2v) is 13.2. The molecule has 0 aromatic heterocycles. The van der Waals surface area contributed by atoms with E-state index in [0.717, 1.165) is 44.6 Å². The lowest BCUT2D eigenvalue weighted by atomic mass is 9.43. The number of hydrogen-bond acceptors (Lipinski definition) is 4. The molecule has 5 fully saturated rings. The van der Waals surface area contributed by atoms with Gasteiger partial charge in [-0.3, -0.25) is 0 Å². The van der Waals surface area contributed by atoms with Gasteiger partial charge in [-0.05, 0) is 117 Å². The number of rotatable bonds is 2. The van der Waals surface area contributed by atoms with Gasteiger partial charge in [-0.1, -0.05) is 27.7 Å². The Hall–Kier alpha value is -0.160. The average molecular weight is 434 g/mol. The predicted octanol–water partition coefficient (Wildman–Crippen LogP) is 3.97. The molecule has 0 radical (unpaired) electrons. The van der Waals surface area contributed by atoms with Crippen molar-refractivity contribution in [2.45, 2.75) is 110 Å². The van der Waals surface area contributed by atoms with Gasteiger partial charge in [0.25, 0.3) is 0 Å². The highest BCUT2D eigenvalue weighted by molar-refractivity contribution is 5.14. The summed E-state index contributed by atoms with van der Waals surface area (Å²) >= 11 is 0. The topological polar surface area (TPSA) is 72.7 Å². The normalized spacial score (nSPS) is 58.2. The molecule has 4 N–H and O–H groups in total. The summed E-state index contributed by atoms with van der Waals surface area (Å²) in [6, 6.07) is 0.495. The highest BCUT2D eigenvalue weighted by atomic mass is 16.3. The van der Waals surface area contributed by atoms with Gasteiger partial charge in [-0.25, -0.2) is 0 Å². The molecule has 4 aliphatic carbocycles. The van der Waals surface area contributed by atoms with Crippen molar-refractivity contribution < 1.29 is 15.3 Å². The van der Waals surface area contributed by atoms with E-state index in [4.69, 9.17) is 0 Å². The smallest absolute Gasteiger partial charge is 0.0581 e. The summed E-state index contributed by atoms with van der Waals surface area (Å²) in [5, 5.41) is 37.1. The van der Waals surface area contributed by atoms with Crippen LogP contribution in [0.4, 0.5) is 0 Å². The Balaban J connectivity index is 1.41. The van der Waals surface area contributed by atoms with Crippen LogP contribution in [-0.4, -0.2) is 46.2 Å². The molecule has 0 amide bonds. The molecule has 13 unspecified atom stereocenters. The van der Waals surface area contributed by atoms with E-state index in [1.165, 1.54) is 25.7 Å². The van der Waals surface area contributed by atoms with Gasteiger partial charge < -0.3 is 20.6 Å². The third-order valence-electron chi connectivity index (χ3n) is 11.6. The van der Waals surface area contributed by atoms with Gasteiger partial charge in [-0.15, -0.1) is 0 Å². The Morgan fingerprint density at radius 3 is 2.39 bits per heavy atom. The summed E-state index contributed by atoms with van der Waals surface area (Å²) in [6.07, 6.45) is 8.81. The zero-order valence-corrected chi connectivity index (χ0v) is 20.3. The standard InChI is InChI=1S/C27H47NO3/c1-15-5-8-21(28-14-15)16(2)24-22(30)12-20-19-7-6-17-11-18(29)9-10-26(17,3)25(19)23(31)13-27(20,24)4/h15-25,28-31H,5-14H2,1-4H3. The molecule has 4 nitrogen and oxygen atoms in total. The third kappa shape index (κ3) is 3.45. The minimum absolute atomic E-state index is 0.0293. The second kappa shape index (κ2) is 7.96. The third-order valence-corrected chi connectivity index (χ3v) is 11.6. The molecule has 0 spiro atoms. The number of hydrogen-bond donors (Lipinski definition) is 4. The molecule has 4 saturated carbocycles. The van der Waals surface area contributed by atoms with E-state index >= 15 is 0 Å². The van der Waals surface area contributed by atoms with Crippen LogP contribution >= 0.6 is 0 Å². The molecule has 0 aromatic rings. The van der Waals surface area contributed by atoms with Gasteiger partial charge in [0.15, 0.2) is 0 Å². The van der Waals surface area contributed by atoms with E-state index in [0.29, 0.717) is 35.6 Å². The molecule has 178 valence electrons. The number of piperidine rings is 1. The molecule has 31 heavy (non-hydrogen) atoms. The van der Waals surface area contributed by atoms with Crippen LogP contribution in [0.2, 0.25) is 0 Å². The van der Waals surface area contributed by atoms with Crippen molar-refractivity contribution in [3.05, 3.63) is 0 Å². The minimum atomic E-state index is -0.270. The van der Waals surface area contributed by atoms with Crippen molar-refractivity contribution in [2.75, 3.05) is 6.54 Å². The Labute approximate surface area is 189 Å². The average Bonchev–Trinajstić information content (AvgIpc) is 2.98. The number of fused-ring (bicyclic) bond motifs is 5. The van der Waals surface area contributed by atoms with E-state index in [1.54, 1.807) is 0 Å². The molecule has 1 heterocycles. The highest BCUT2D eigenvalue weighted by Gasteiger charge is 2.65. The number of nitrogens with one attached hydrogen (secondary N) is 1. The lowest BCUT2D eigenvalue weighted by Gasteiger charge is -2.62. The van der Waals surface area contributed by atoms with Crippen molar-refractivity contribution in [3.63, 3.8) is 0 Å². The first-order valence-corrected chi connectivity index (χ1v) is 13.4. The molecule has 13 atom stereocenters. The molecule has 0 aromatic carbocycles. The van der Waals surface area contributed by atoms with E-state index in [2.05, 4.69) is 33.0 Å². The van der Waals surface area contributed by atoms with Crippen molar-refractivity contribution in [2.24, 2.45) is 52.3 Å². The summed E-state index contributed by atoms with van der Waals surface area (Å²) in [4.78, 5) is 0. The van der Waals surface area contributed by atoms with E-state index < -0.39 is 0 Å². The molecule has 4 heteroatoms. The highest BCUT2D eigenvalue weighted by Crippen LogP contribution is 2.68. The summed E-state index contributed by atoms with van der Waals surface area (Å²) < 4.78 is 0. The maximum Gasteiger partial charge on any atom is 0.0581 e. The van der Waals surface area contributed by atoms with E-state index in [9.17, 15) is 15.3 Å². The summed E-state index contributed by atoms with van der Waals surface area (Å²) in [5.74, 6) is 3.41. The zero-order chi connectivity index (χ0) is 22.1. The van der Waals surface area contributed by atoms with E-state index in [-0.39, 0.29) is 35.1 Å². The molecule has 5 rings (SSSR count). The van der Waals surface area contributed by atoms with Crippen LogP contribution in [0, 0.1) is 52.3 Å². The van der Waals surface area contributed by atoms with Gasteiger partial charge in [0.1, 0.15) is 0 Å². The van der Waals surface area contributed by atoms with Gasteiger partial charge in [0, 0.05) is 6.04 Å². The first kappa shape index (κ1) is 22.6. The monoisotopic (exact) mass is 433 g/mol.